The highest BCUT2D eigenvalue weighted by atomic mass is 32.1. The number of hydrogen-bond donors (Lipinski definition) is 1. The molecule has 4 nitrogen and oxygen atoms in total. The molecular formula is C16H28N4S. The Morgan fingerprint density at radius 3 is 2.76 bits per heavy atom. The van der Waals surface area contributed by atoms with Crippen LogP contribution in [0.15, 0.2) is 0 Å². The summed E-state index contributed by atoms with van der Waals surface area (Å²) in [6.07, 6.45) is 6.26. The van der Waals surface area contributed by atoms with E-state index in [4.69, 9.17) is 4.98 Å². The Morgan fingerprint density at radius 1 is 1.33 bits per heavy atom. The Hall–Kier alpha value is -0.650. The topological polar surface area (TPSA) is 31.4 Å². The summed E-state index contributed by atoms with van der Waals surface area (Å²) in [5.74, 6) is 0. The van der Waals surface area contributed by atoms with Gasteiger partial charge >= 0.3 is 0 Å². The number of thiazole rings is 1. The van der Waals surface area contributed by atoms with Crippen molar-refractivity contribution in [1.29, 1.82) is 0 Å². The maximum absolute atomic E-state index is 4.96. The molecule has 1 unspecified atom stereocenters. The van der Waals surface area contributed by atoms with Gasteiger partial charge in [-0.25, -0.2) is 4.98 Å². The number of aromatic nitrogens is 1. The van der Waals surface area contributed by atoms with Crippen molar-refractivity contribution in [2.24, 2.45) is 0 Å². The van der Waals surface area contributed by atoms with E-state index in [2.05, 4.69) is 36.1 Å². The Kier molecular flexibility index (Phi) is 4.82. The zero-order valence-electron chi connectivity index (χ0n) is 13.6. The molecule has 1 aliphatic carbocycles. The number of nitrogens with one attached hydrogen (secondary N) is 1. The highest BCUT2D eigenvalue weighted by Gasteiger charge is 2.27. The largest absolute Gasteiger partial charge is 0.346 e. The van der Waals surface area contributed by atoms with Gasteiger partial charge in [0.15, 0.2) is 5.13 Å². The molecule has 1 atom stereocenters. The van der Waals surface area contributed by atoms with Gasteiger partial charge in [-0.1, -0.05) is 13.3 Å². The lowest BCUT2D eigenvalue weighted by Crippen LogP contribution is -2.31. The summed E-state index contributed by atoms with van der Waals surface area (Å²) in [7, 11) is 4.37. The summed E-state index contributed by atoms with van der Waals surface area (Å²) in [4.78, 5) is 11.2. The van der Waals surface area contributed by atoms with Crippen LogP contribution in [-0.4, -0.2) is 49.2 Å². The van der Waals surface area contributed by atoms with Crippen LogP contribution < -0.4 is 10.2 Å². The Balaban J connectivity index is 1.68. The van der Waals surface area contributed by atoms with Gasteiger partial charge < -0.3 is 15.1 Å². The lowest BCUT2D eigenvalue weighted by molar-refractivity contribution is 0.315. The van der Waals surface area contributed by atoms with Crippen molar-refractivity contribution in [3.63, 3.8) is 0 Å². The highest BCUT2D eigenvalue weighted by Crippen LogP contribution is 2.31. The van der Waals surface area contributed by atoms with Gasteiger partial charge in [-0.2, -0.15) is 0 Å². The minimum Gasteiger partial charge on any atom is -0.346 e. The number of aryl methyl sites for hydroxylation is 1. The van der Waals surface area contributed by atoms with Crippen LogP contribution in [0, 0.1) is 0 Å². The van der Waals surface area contributed by atoms with E-state index in [-0.39, 0.29) is 0 Å². The van der Waals surface area contributed by atoms with Gasteiger partial charge in [0, 0.05) is 36.6 Å². The minimum absolute atomic E-state index is 0.677. The lowest BCUT2D eigenvalue weighted by Gasteiger charge is -2.19. The van der Waals surface area contributed by atoms with E-state index < -0.39 is 0 Å². The van der Waals surface area contributed by atoms with Gasteiger partial charge in [0.2, 0.25) is 0 Å². The fourth-order valence-corrected chi connectivity index (χ4v) is 4.03. The average Bonchev–Trinajstić information content (AvgIpc) is 3.00. The van der Waals surface area contributed by atoms with Crippen LogP contribution in [0.1, 0.15) is 43.2 Å². The first-order valence-corrected chi connectivity index (χ1v) is 9.12. The van der Waals surface area contributed by atoms with E-state index in [1.54, 1.807) is 0 Å². The first kappa shape index (κ1) is 15.3. The highest BCUT2D eigenvalue weighted by molar-refractivity contribution is 7.15. The van der Waals surface area contributed by atoms with Crippen LogP contribution in [0.2, 0.25) is 0 Å². The summed E-state index contributed by atoms with van der Waals surface area (Å²) in [5, 5.41) is 4.89. The molecule has 0 radical (unpaired) electrons. The smallest absolute Gasteiger partial charge is 0.185 e. The fraction of sp³-hybridized carbons (Fsp3) is 0.812. The van der Waals surface area contributed by atoms with Crippen molar-refractivity contribution in [3.8, 4) is 0 Å². The standard InChI is InChI=1S/C16H28N4S/c1-4-5-14-15(10-17-12-6-7-12)21-16(18-14)20-9-8-13(11-20)19(2)3/h12-13,17H,4-11H2,1-3H3. The summed E-state index contributed by atoms with van der Waals surface area (Å²) < 4.78 is 0. The number of likely N-dealkylation sites (N-methyl/N-ethyl adjacent to an activating group) is 1. The van der Waals surface area contributed by atoms with Crippen LogP contribution in [0.25, 0.3) is 0 Å². The van der Waals surface area contributed by atoms with E-state index in [1.807, 2.05) is 11.3 Å². The third kappa shape index (κ3) is 3.76. The Bertz CT molecular complexity index is 467. The molecule has 0 amide bonds. The monoisotopic (exact) mass is 308 g/mol. The molecule has 2 aliphatic rings. The van der Waals surface area contributed by atoms with Crippen LogP contribution >= 0.6 is 11.3 Å². The molecule has 0 spiro atoms. The minimum atomic E-state index is 0.677. The first-order chi connectivity index (χ1) is 10.2. The molecule has 118 valence electrons. The predicted octanol–water partition coefficient (Wildman–Crippen LogP) is 2.49. The molecule has 1 N–H and O–H groups in total. The van der Waals surface area contributed by atoms with Gasteiger partial charge in [0.05, 0.1) is 5.69 Å². The molecular weight excluding hydrogens is 280 g/mol. The second kappa shape index (κ2) is 6.63. The first-order valence-electron chi connectivity index (χ1n) is 8.30. The SMILES string of the molecule is CCCc1nc(N2CCC(N(C)C)C2)sc1CNC1CC1. The van der Waals surface area contributed by atoms with Gasteiger partial charge in [-0.3, -0.25) is 0 Å². The second-order valence-corrected chi connectivity index (χ2v) is 7.69. The summed E-state index contributed by atoms with van der Waals surface area (Å²) in [5.41, 5.74) is 1.33. The molecule has 1 saturated carbocycles. The number of nitrogens with zero attached hydrogens (tertiary/aromatic N) is 3. The molecule has 5 heteroatoms. The molecule has 2 fully saturated rings. The van der Waals surface area contributed by atoms with Gasteiger partial charge in [-0.05, 0) is 39.8 Å². The van der Waals surface area contributed by atoms with E-state index in [1.165, 1.54) is 41.4 Å². The van der Waals surface area contributed by atoms with Crippen molar-refractivity contribution in [2.45, 2.75) is 57.7 Å². The van der Waals surface area contributed by atoms with Gasteiger partial charge in [0.1, 0.15) is 0 Å². The number of rotatable bonds is 7. The van der Waals surface area contributed by atoms with Crippen molar-refractivity contribution >= 4 is 16.5 Å². The summed E-state index contributed by atoms with van der Waals surface area (Å²) >= 11 is 1.91. The van der Waals surface area contributed by atoms with Crippen LogP contribution in [-0.2, 0) is 13.0 Å². The third-order valence-corrected chi connectivity index (χ3v) is 5.71. The molecule has 1 aromatic rings. The van der Waals surface area contributed by atoms with E-state index in [9.17, 15) is 0 Å². The molecule has 3 rings (SSSR count). The summed E-state index contributed by atoms with van der Waals surface area (Å²) in [6.45, 7) is 5.54. The summed E-state index contributed by atoms with van der Waals surface area (Å²) in [6, 6.07) is 1.45. The second-order valence-electron chi connectivity index (χ2n) is 6.62. The van der Waals surface area contributed by atoms with Crippen LogP contribution in [0.4, 0.5) is 5.13 Å². The Labute approximate surface area is 132 Å². The van der Waals surface area contributed by atoms with Gasteiger partial charge in [-0.15, -0.1) is 11.3 Å². The quantitative estimate of drug-likeness (QED) is 0.838. The van der Waals surface area contributed by atoms with Crippen LogP contribution in [0.3, 0.4) is 0 Å². The van der Waals surface area contributed by atoms with Crippen molar-refractivity contribution < 1.29 is 0 Å². The zero-order valence-corrected chi connectivity index (χ0v) is 14.4. The van der Waals surface area contributed by atoms with Crippen molar-refractivity contribution in [3.05, 3.63) is 10.6 Å². The zero-order chi connectivity index (χ0) is 14.8. The molecule has 0 aromatic carbocycles. The maximum Gasteiger partial charge on any atom is 0.185 e. The number of anilines is 1. The lowest BCUT2D eigenvalue weighted by atomic mass is 10.2. The predicted molar refractivity (Wildman–Crippen MR) is 90.3 cm³/mol. The van der Waals surface area contributed by atoms with Gasteiger partial charge in [0.25, 0.3) is 0 Å². The molecule has 21 heavy (non-hydrogen) atoms. The average molecular weight is 308 g/mol. The molecule has 1 saturated heterocycles. The van der Waals surface area contributed by atoms with Crippen molar-refractivity contribution in [2.75, 3.05) is 32.1 Å². The van der Waals surface area contributed by atoms with E-state index in [0.717, 1.165) is 32.1 Å². The molecule has 0 bridgehead atoms. The third-order valence-electron chi connectivity index (χ3n) is 4.55. The van der Waals surface area contributed by atoms with Crippen LogP contribution in [0.5, 0.6) is 0 Å². The maximum atomic E-state index is 4.96. The molecule has 1 aromatic heterocycles. The molecule has 2 heterocycles. The van der Waals surface area contributed by atoms with E-state index >= 15 is 0 Å². The van der Waals surface area contributed by atoms with Crippen molar-refractivity contribution in [1.82, 2.24) is 15.2 Å². The molecule has 1 aliphatic heterocycles. The Morgan fingerprint density at radius 2 is 2.14 bits per heavy atom. The number of hydrogen-bond acceptors (Lipinski definition) is 5. The normalized spacial score (nSPS) is 22.5. The fourth-order valence-electron chi connectivity index (χ4n) is 2.94. The van der Waals surface area contributed by atoms with E-state index in [0.29, 0.717) is 6.04 Å².